The first-order valence-corrected chi connectivity index (χ1v) is 6.62. The Labute approximate surface area is 110 Å². The highest BCUT2D eigenvalue weighted by Crippen LogP contribution is 2.33. The van der Waals surface area contributed by atoms with E-state index in [4.69, 9.17) is 5.73 Å². The number of hydrogen-bond acceptors (Lipinski definition) is 6. The summed E-state index contributed by atoms with van der Waals surface area (Å²) in [5, 5.41) is 14.2. The van der Waals surface area contributed by atoms with Crippen LogP contribution in [0.5, 0.6) is 0 Å². The van der Waals surface area contributed by atoms with Gasteiger partial charge in [-0.2, -0.15) is 0 Å². The van der Waals surface area contributed by atoms with Gasteiger partial charge in [-0.05, 0) is 24.1 Å². The molecule has 6 heteroatoms. The third-order valence-electron chi connectivity index (χ3n) is 2.48. The van der Waals surface area contributed by atoms with E-state index in [-0.39, 0.29) is 0 Å². The van der Waals surface area contributed by atoms with Gasteiger partial charge in [0.2, 0.25) is 0 Å². The van der Waals surface area contributed by atoms with Crippen molar-refractivity contribution in [3.8, 4) is 0 Å². The Hall–Kier alpha value is -1.66. The maximum absolute atomic E-state index is 10.2. The van der Waals surface area contributed by atoms with Crippen LogP contribution in [0.1, 0.15) is 29.9 Å². The molecule has 5 nitrogen and oxygen atoms in total. The van der Waals surface area contributed by atoms with Gasteiger partial charge in [0.05, 0.1) is 4.88 Å². The van der Waals surface area contributed by atoms with Crippen LogP contribution in [-0.4, -0.2) is 21.6 Å². The first kappa shape index (κ1) is 12.8. The van der Waals surface area contributed by atoms with E-state index in [0.717, 1.165) is 23.7 Å². The van der Waals surface area contributed by atoms with E-state index in [1.54, 1.807) is 24.5 Å². The van der Waals surface area contributed by atoms with Gasteiger partial charge in [-0.3, -0.25) is 4.98 Å². The Morgan fingerprint density at radius 3 is 2.83 bits per heavy atom. The van der Waals surface area contributed by atoms with Crippen LogP contribution < -0.4 is 11.1 Å². The zero-order valence-electron chi connectivity index (χ0n) is 10.1. The maximum Gasteiger partial charge on any atom is 0.185 e. The van der Waals surface area contributed by atoms with Crippen LogP contribution in [0.2, 0.25) is 0 Å². The molecule has 0 bridgehead atoms. The molecule has 0 aliphatic rings. The second-order valence-corrected chi connectivity index (χ2v) is 4.91. The van der Waals surface area contributed by atoms with Crippen molar-refractivity contribution in [2.45, 2.75) is 19.4 Å². The minimum absolute atomic E-state index is 0.378. The monoisotopic (exact) mass is 264 g/mol. The molecule has 2 rings (SSSR count). The van der Waals surface area contributed by atoms with E-state index in [1.165, 1.54) is 11.3 Å². The van der Waals surface area contributed by atoms with Gasteiger partial charge in [-0.1, -0.05) is 18.3 Å². The molecule has 4 N–H and O–H groups in total. The smallest absolute Gasteiger partial charge is 0.185 e. The predicted octanol–water partition coefficient (Wildman–Crippen LogP) is 2.02. The zero-order chi connectivity index (χ0) is 13.0. The molecule has 0 saturated heterocycles. The van der Waals surface area contributed by atoms with E-state index in [1.807, 2.05) is 0 Å². The number of rotatable bonds is 5. The second kappa shape index (κ2) is 5.79. The van der Waals surface area contributed by atoms with Crippen LogP contribution in [0.15, 0.2) is 24.5 Å². The molecule has 0 aliphatic carbocycles. The molecular weight excluding hydrogens is 248 g/mol. The van der Waals surface area contributed by atoms with Crippen molar-refractivity contribution in [1.29, 1.82) is 0 Å². The van der Waals surface area contributed by atoms with Crippen molar-refractivity contribution in [2.75, 3.05) is 17.6 Å². The Morgan fingerprint density at radius 1 is 1.44 bits per heavy atom. The number of hydrogen-bond donors (Lipinski definition) is 3. The van der Waals surface area contributed by atoms with Crippen LogP contribution in [-0.2, 0) is 0 Å². The normalized spacial score (nSPS) is 12.3. The van der Waals surface area contributed by atoms with Crippen molar-refractivity contribution in [3.63, 3.8) is 0 Å². The molecule has 18 heavy (non-hydrogen) atoms. The topological polar surface area (TPSA) is 84.1 Å². The number of nitrogens with one attached hydrogen (secondary N) is 1. The largest absolute Gasteiger partial charge is 0.383 e. The molecule has 0 amide bonds. The SMILES string of the molecule is CCCNc1nc(N)c(C(O)c2ccncc2)s1. The zero-order valence-corrected chi connectivity index (χ0v) is 10.9. The standard InChI is InChI=1S/C12H16N4OS/c1-2-5-15-12-16-11(13)10(18-12)9(17)8-3-6-14-7-4-8/h3-4,6-7,9,17H,2,5,13H2,1H3,(H,15,16). The van der Waals surface area contributed by atoms with Gasteiger partial charge < -0.3 is 16.2 Å². The Bertz CT molecular complexity index is 500. The summed E-state index contributed by atoms with van der Waals surface area (Å²) in [7, 11) is 0. The van der Waals surface area contributed by atoms with E-state index in [9.17, 15) is 5.11 Å². The van der Waals surface area contributed by atoms with Crippen molar-refractivity contribution in [3.05, 3.63) is 35.0 Å². The van der Waals surface area contributed by atoms with Crippen LogP contribution in [0, 0.1) is 0 Å². The quantitative estimate of drug-likeness (QED) is 0.769. The first-order valence-electron chi connectivity index (χ1n) is 5.80. The lowest BCUT2D eigenvalue weighted by Crippen LogP contribution is -2.01. The Balaban J connectivity index is 2.20. The van der Waals surface area contributed by atoms with Gasteiger partial charge in [0.15, 0.2) is 5.13 Å². The number of thiazole rings is 1. The fraction of sp³-hybridized carbons (Fsp3) is 0.333. The summed E-state index contributed by atoms with van der Waals surface area (Å²) < 4.78 is 0. The summed E-state index contributed by atoms with van der Waals surface area (Å²) in [6.07, 6.45) is 3.56. The molecule has 2 heterocycles. The molecule has 0 radical (unpaired) electrons. The van der Waals surface area contributed by atoms with Gasteiger partial charge in [-0.15, -0.1) is 0 Å². The minimum Gasteiger partial charge on any atom is -0.383 e. The van der Waals surface area contributed by atoms with Gasteiger partial charge in [-0.25, -0.2) is 4.98 Å². The lowest BCUT2D eigenvalue weighted by Gasteiger charge is -2.08. The van der Waals surface area contributed by atoms with Crippen LogP contribution in [0.4, 0.5) is 10.9 Å². The number of aliphatic hydroxyl groups is 1. The Morgan fingerprint density at radius 2 is 2.17 bits per heavy atom. The molecule has 2 aromatic rings. The average Bonchev–Trinajstić information content (AvgIpc) is 2.78. The third kappa shape index (κ3) is 2.77. The second-order valence-electron chi connectivity index (χ2n) is 3.88. The van der Waals surface area contributed by atoms with E-state index < -0.39 is 6.10 Å². The summed E-state index contributed by atoms with van der Waals surface area (Å²) in [5.41, 5.74) is 6.60. The van der Waals surface area contributed by atoms with Crippen molar-refractivity contribution in [1.82, 2.24) is 9.97 Å². The predicted molar refractivity (Wildman–Crippen MR) is 73.6 cm³/mol. The molecule has 0 aliphatic heterocycles. The summed E-state index contributed by atoms with van der Waals surface area (Å²) in [6.45, 7) is 2.93. The molecule has 0 fully saturated rings. The summed E-state index contributed by atoms with van der Waals surface area (Å²) >= 11 is 1.38. The third-order valence-corrected chi connectivity index (χ3v) is 3.56. The van der Waals surface area contributed by atoms with Crippen molar-refractivity contribution in [2.24, 2.45) is 0 Å². The molecule has 1 unspecified atom stereocenters. The molecule has 1 atom stereocenters. The highest BCUT2D eigenvalue weighted by atomic mass is 32.1. The summed E-state index contributed by atoms with van der Waals surface area (Å²) in [4.78, 5) is 8.79. The van der Waals surface area contributed by atoms with Gasteiger partial charge in [0.1, 0.15) is 11.9 Å². The van der Waals surface area contributed by atoms with Crippen LogP contribution in [0.25, 0.3) is 0 Å². The number of pyridine rings is 1. The number of nitrogens with two attached hydrogens (primary N) is 1. The van der Waals surface area contributed by atoms with E-state index in [2.05, 4.69) is 22.2 Å². The van der Waals surface area contributed by atoms with Crippen LogP contribution >= 0.6 is 11.3 Å². The fourth-order valence-electron chi connectivity index (χ4n) is 1.54. The maximum atomic E-state index is 10.2. The number of nitrogen functional groups attached to an aromatic ring is 1. The number of nitrogens with zero attached hydrogens (tertiary/aromatic N) is 2. The van der Waals surface area contributed by atoms with E-state index in [0.29, 0.717) is 10.7 Å². The van der Waals surface area contributed by atoms with Gasteiger partial charge >= 0.3 is 0 Å². The lowest BCUT2D eigenvalue weighted by atomic mass is 10.1. The highest BCUT2D eigenvalue weighted by molar-refractivity contribution is 7.16. The number of anilines is 2. The molecule has 0 spiro atoms. The molecule has 0 aromatic carbocycles. The molecule has 96 valence electrons. The van der Waals surface area contributed by atoms with Crippen molar-refractivity contribution < 1.29 is 5.11 Å². The number of aromatic nitrogens is 2. The number of aliphatic hydroxyl groups excluding tert-OH is 1. The van der Waals surface area contributed by atoms with Gasteiger partial charge in [0, 0.05) is 18.9 Å². The minimum atomic E-state index is -0.748. The molecular formula is C12H16N4OS. The lowest BCUT2D eigenvalue weighted by molar-refractivity contribution is 0.224. The molecule has 2 aromatic heterocycles. The average molecular weight is 264 g/mol. The molecule has 0 saturated carbocycles. The first-order chi connectivity index (χ1) is 8.72. The highest BCUT2D eigenvalue weighted by Gasteiger charge is 2.18. The van der Waals surface area contributed by atoms with Crippen molar-refractivity contribution >= 4 is 22.3 Å². The van der Waals surface area contributed by atoms with Crippen LogP contribution in [0.3, 0.4) is 0 Å². The summed E-state index contributed by atoms with van der Waals surface area (Å²) in [5.74, 6) is 0.378. The fourth-order valence-corrected chi connectivity index (χ4v) is 2.47. The Kier molecular flexibility index (Phi) is 4.11. The van der Waals surface area contributed by atoms with Gasteiger partial charge in [0.25, 0.3) is 0 Å². The van der Waals surface area contributed by atoms with E-state index >= 15 is 0 Å². The summed E-state index contributed by atoms with van der Waals surface area (Å²) in [6, 6.07) is 3.53.